The molecule has 0 saturated heterocycles. The number of aryl methyl sites for hydroxylation is 2. The molecule has 14 aliphatic rings. The van der Waals surface area contributed by atoms with E-state index in [-0.39, 0.29) is 21.7 Å². The number of benzene rings is 14. The topological polar surface area (TPSA) is 6.48 Å². The first kappa shape index (κ1) is 77.2. The first-order valence-electron chi connectivity index (χ1n) is 43.5. The minimum absolute atomic E-state index is 0.0597. The Morgan fingerprint density at radius 1 is 0.211 bits per heavy atom. The predicted octanol–water partition coefficient (Wildman–Crippen LogP) is 33.1. The SMILES string of the molecule is CCCCCCCCc1cc(-c2ccc(N3c4ccc(cc4)-c4ccc(cc4)C(C)(CC)C(C)(CC)c4ccc(cc4)-c4ccc3cc4)cc2)c2ccccc2c1-c1c(CCCCCCCC)cc(-c2ccc(N3c4ccc(cc4)-c4ccc(cc4)C(C)(CC)C(C)(CC)c4ccc(cc4)-c4ccc3cc4)cc2)c2ccccc12. The third kappa shape index (κ3) is 14.4. The van der Waals surface area contributed by atoms with E-state index in [1.165, 1.54) is 197 Å². The average molecular weight is 1490 g/mol. The van der Waals surface area contributed by atoms with Gasteiger partial charge >= 0.3 is 0 Å². The van der Waals surface area contributed by atoms with Crippen molar-refractivity contribution < 1.29 is 0 Å². The molecule has 0 radical (unpaired) electrons. The van der Waals surface area contributed by atoms with Crippen LogP contribution in [0.1, 0.15) is 205 Å². The van der Waals surface area contributed by atoms with Gasteiger partial charge < -0.3 is 9.80 Å². The van der Waals surface area contributed by atoms with E-state index in [2.05, 4.69) is 382 Å². The minimum Gasteiger partial charge on any atom is -0.311 e. The van der Waals surface area contributed by atoms with Gasteiger partial charge in [0.25, 0.3) is 0 Å². The summed E-state index contributed by atoms with van der Waals surface area (Å²) in [5, 5.41) is 5.25. The number of nitrogens with zero attached hydrogens (tertiary/aromatic N) is 2. The van der Waals surface area contributed by atoms with Crippen LogP contribution in [0, 0.1) is 0 Å². The van der Waals surface area contributed by atoms with Crippen molar-refractivity contribution in [3.8, 4) is 77.9 Å². The smallest absolute Gasteiger partial charge is 0.0462 e. The highest BCUT2D eigenvalue weighted by molar-refractivity contribution is 6.14. The van der Waals surface area contributed by atoms with Gasteiger partial charge in [0.05, 0.1) is 0 Å². The summed E-state index contributed by atoms with van der Waals surface area (Å²) in [6.45, 7) is 24.0. The molecule has 2 nitrogen and oxygen atoms in total. The van der Waals surface area contributed by atoms with Crippen LogP contribution in [0.15, 0.2) is 303 Å². The maximum absolute atomic E-state index is 2.62. The molecule has 14 aliphatic heterocycles. The maximum atomic E-state index is 2.62. The Morgan fingerprint density at radius 3 is 0.640 bits per heavy atom. The molecular weight excluding hydrogens is 1370 g/mol. The highest BCUT2D eigenvalue weighted by atomic mass is 15.1. The number of fused-ring (bicyclic) bond motifs is 2. The van der Waals surface area contributed by atoms with Crippen LogP contribution in [0.4, 0.5) is 34.1 Å². The Kier molecular flexibility index (Phi) is 22.6. The molecule has 0 fully saturated rings. The summed E-state index contributed by atoms with van der Waals surface area (Å²) in [4.78, 5) is 4.88. The molecule has 0 aromatic heterocycles. The molecular formula is C112H116N2. The van der Waals surface area contributed by atoms with Gasteiger partial charge in [0, 0.05) is 55.8 Å². The van der Waals surface area contributed by atoms with Gasteiger partial charge in [-0.25, -0.2) is 0 Å². The number of unbranched alkanes of at least 4 members (excludes halogenated alkanes) is 10. The third-order valence-corrected chi connectivity index (χ3v) is 28.2. The zero-order chi connectivity index (χ0) is 78.6. The lowest BCUT2D eigenvalue weighted by Crippen LogP contribution is -2.44. The number of hydrogen-bond donors (Lipinski definition) is 0. The van der Waals surface area contributed by atoms with Crippen molar-refractivity contribution in [3.05, 3.63) is 337 Å². The van der Waals surface area contributed by atoms with Gasteiger partial charge in [0.2, 0.25) is 0 Å². The van der Waals surface area contributed by atoms with Gasteiger partial charge in [-0.05, 0) is 269 Å². The molecule has 0 saturated carbocycles. The summed E-state index contributed by atoms with van der Waals surface area (Å²) in [7, 11) is 0. The van der Waals surface area contributed by atoms with Crippen molar-refractivity contribution in [2.45, 2.75) is 206 Å². The molecule has 16 bridgehead atoms. The molecule has 14 heterocycles. The Bertz CT molecular complexity index is 5060. The van der Waals surface area contributed by atoms with Crippen molar-refractivity contribution in [3.63, 3.8) is 0 Å². The fraction of sp³-hybridized carbons (Fsp3) is 0.286. The second-order valence-electron chi connectivity index (χ2n) is 34.0. The van der Waals surface area contributed by atoms with Crippen molar-refractivity contribution in [2.75, 3.05) is 9.80 Å². The van der Waals surface area contributed by atoms with Crippen LogP contribution in [-0.4, -0.2) is 0 Å². The highest BCUT2D eigenvalue weighted by Crippen LogP contribution is 2.54. The summed E-state index contributed by atoms with van der Waals surface area (Å²) in [6.07, 6.45) is 21.1. The van der Waals surface area contributed by atoms with E-state index in [4.69, 9.17) is 0 Å². The van der Waals surface area contributed by atoms with Gasteiger partial charge in [-0.1, -0.05) is 352 Å². The van der Waals surface area contributed by atoms with Gasteiger partial charge in [0.1, 0.15) is 0 Å². The fourth-order valence-corrected chi connectivity index (χ4v) is 20.0. The summed E-state index contributed by atoms with van der Waals surface area (Å²) in [5.41, 5.74) is 32.6. The second kappa shape index (κ2) is 33.3. The van der Waals surface area contributed by atoms with Crippen molar-refractivity contribution in [1.82, 2.24) is 0 Å². The zero-order valence-electron chi connectivity index (χ0n) is 69.5. The second-order valence-corrected chi connectivity index (χ2v) is 34.0. The molecule has 4 unspecified atom stereocenters. The predicted molar refractivity (Wildman–Crippen MR) is 494 cm³/mol. The Hall–Kier alpha value is -10.8. The first-order chi connectivity index (χ1) is 55.7. The van der Waals surface area contributed by atoms with Gasteiger partial charge in [-0.3, -0.25) is 0 Å². The Labute approximate surface area is 682 Å². The third-order valence-electron chi connectivity index (χ3n) is 28.2. The van der Waals surface area contributed by atoms with Crippen molar-refractivity contribution >= 4 is 55.7 Å². The van der Waals surface area contributed by atoms with Crippen LogP contribution in [0.25, 0.3) is 99.4 Å². The molecule has 28 rings (SSSR count). The standard InChI is InChI=1S/C112H116N2/c1-11-17-19-21-23-25-31-89-77-105(87-53-73-99(74-54-87)113-95-65-45-83(46-66-95)79-37-57-91(58-38-79)109(7,13-3)110(8,14-4)92-59-39-80(40-60-92)84-47-67-96(113)68-48-84)101-33-27-29-35-103(101)107(89)108-90(32-26-24-22-20-18-12-2)78-106(102-34-28-30-36-104(102)108)88-55-75-100(76-56-88)114-97-69-49-85(50-70-97)81-41-61-93(62-42-81)111(9,15-5)112(10,16-6)94-63-43-82(44-64-94)86-51-71-98(114)72-52-86/h27-30,33-78H,11-26,31-32H2,1-10H3. The van der Waals surface area contributed by atoms with Gasteiger partial charge in [-0.15, -0.1) is 0 Å². The molecule has 0 N–H and O–H groups in total. The summed E-state index contributed by atoms with van der Waals surface area (Å²) in [6, 6.07) is 118. The Balaban J connectivity index is 0.788. The lowest BCUT2D eigenvalue weighted by molar-refractivity contribution is 0.235. The van der Waals surface area contributed by atoms with E-state index < -0.39 is 0 Å². The van der Waals surface area contributed by atoms with E-state index in [0.29, 0.717) is 0 Å². The van der Waals surface area contributed by atoms with Crippen LogP contribution in [0.3, 0.4) is 0 Å². The maximum Gasteiger partial charge on any atom is 0.0462 e. The first-order valence-corrected chi connectivity index (χ1v) is 43.5. The zero-order valence-corrected chi connectivity index (χ0v) is 69.5. The Morgan fingerprint density at radius 2 is 0.412 bits per heavy atom. The molecule has 14 aromatic rings. The van der Waals surface area contributed by atoms with Crippen molar-refractivity contribution in [2.24, 2.45) is 0 Å². The number of rotatable bonds is 23. The molecule has 4 atom stereocenters. The van der Waals surface area contributed by atoms with E-state index >= 15 is 0 Å². The lowest BCUT2D eigenvalue weighted by atomic mass is 9.56. The summed E-state index contributed by atoms with van der Waals surface area (Å²) in [5.74, 6) is 0. The number of anilines is 6. The molecule has 0 amide bonds. The van der Waals surface area contributed by atoms with Gasteiger partial charge in [-0.2, -0.15) is 0 Å². The van der Waals surface area contributed by atoms with Crippen LogP contribution >= 0.6 is 0 Å². The monoisotopic (exact) mass is 1490 g/mol. The molecule has 114 heavy (non-hydrogen) atoms. The van der Waals surface area contributed by atoms with Crippen LogP contribution in [0.5, 0.6) is 0 Å². The largest absolute Gasteiger partial charge is 0.311 e. The van der Waals surface area contributed by atoms with E-state index in [1.807, 2.05) is 0 Å². The molecule has 14 aromatic carbocycles. The quantitative estimate of drug-likeness (QED) is 0.0589. The molecule has 0 aliphatic carbocycles. The van der Waals surface area contributed by atoms with Crippen LogP contribution in [0.2, 0.25) is 0 Å². The summed E-state index contributed by atoms with van der Waals surface area (Å²) < 4.78 is 0. The van der Waals surface area contributed by atoms with E-state index in [1.54, 1.807) is 0 Å². The van der Waals surface area contributed by atoms with Crippen LogP contribution < -0.4 is 9.80 Å². The van der Waals surface area contributed by atoms with E-state index in [0.717, 1.165) is 85.5 Å². The summed E-state index contributed by atoms with van der Waals surface area (Å²) >= 11 is 0. The number of hydrogen-bond acceptors (Lipinski definition) is 2. The normalized spacial score (nSPS) is 17.8. The highest BCUT2D eigenvalue weighted by Gasteiger charge is 2.46. The van der Waals surface area contributed by atoms with Crippen LogP contribution in [-0.2, 0) is 34.5 Å². The lowest BCUT2D eigenvalue weighted by Gasteiger charge is -2.47. The van der Waals surface area contributed by atoms with Gasteiger partial charge in [0.15, 0.2) is 0 Å². The van der Waals surface area contributed by atoms with E-state index in [9.17, 15) is 0 Å². The molecule has 2 heteroatoms. The fourth-order valence-electron chi connectivity index (χ4n) is 20.0. The molecule has 0 spiro atoms. The average Bonchev–Trinajstić information content (AvgIpc) is 0.792. The van der Waals surface area contributed by atoms with Crippen molar-refractivity contribution in [1.29, 1.82) is 0 Å². The molecule has 574 valence electrons. The minimum atomic E-state index is -0.0597.